The Morgan fingerprint density at radius 2 is 1.83 bits per heavy atom. The summed E-state index contributed by atoms with van der Waals surface area (Å²) in [6, 6.07) is 9.87. The van der Waals surface area contributed by atoms with E-state index in [1.165, 1.54) is 0 Å². The molecule has 23 heavy (non-hydrogen) atoms. The van der Waals surface area contributed by atoms with Gasteiger partial charge in [0.25, 0.3) is 5.91 Å². The van der Waals surface area contributed by atoms with Crippen LogP contribution < -0.4 is 10.6 Å². The van der Waals surface area contributed by atoms with Gasteiger partial charge in [-0.15, -0.1) is 0 Å². The van der Waals surface area contributed by atoms with Crippen molar-refractivity contribution in [2.75, 3.05) is 38.0 Å². The first-order valence-corrected chi connectivity index (χ1v) is 8.23. The molecule has 1 aromatic heterocycles. The van der Waals surface area contributed by atoms with Crippen LogP contribution in [-0.4, -0.2) is 53.3 Å². The Kier molecular flexibility index (Phi) is 3.75. The Morgan fingerprint density at radius 1 is 1.04 bits per heavy atom. The molecule has 0 unspecified atom stereocenters. The van der Waals surface area contributed by atoms with Gasteiger partial charge in [-0.2, -0.15) is 5.10 Å². The van der Waals surface area contributed by atoms with E-state index in [1.807, 2.05) is 33.8 Å². The van der Waals surface area contributed by atoms with Crippen LogP contribution in [0.5, 0.6) is 0 Å². The molecule has 6 nitrogen and oxygen atoms in total. The van der Waals surface area contributed by atoms with Crippen LogP contribution in [0.3, 0.4) is 0 Å². The maximum absolute atomic E-state index is 12.5. The second kappa shape index (κ2) is 6.04. The molecular formula is C17H21N5O. The molecule has 3 heterocycles. The molecule has 0 atom stereocenters. The molecular weight excluding hydrogens is 290 g/mol. The molecule has 0 radical (unpaired) electrons. The standard InChI is InChI=1S/C17H21N5O/c23-17(21-10-7-18-8-11-21)14-4-2-13(3-5-14)15-12-16-19-6-1-9-22(16)20-15/h2-5,12,18-19H,1,6-11H2. The second-order valence-electron chi connectivity index (χ2n) is 6.04. The Morgan fingerprint density at radius 3 is 2.57 bits per heavy atom. The van der Waals surface area contributed by atoms with Crippen LogP contribution in [0, 0.1) is 0 Å². The lowest BCUT2D eigenvalue weighted by Crippen LogP contribution is -2.46. The highest BCUT2D eigenvalue weighted by atomic mass is 16.2. The van der Waals surface area contributed by atoms with Crippen molar-refractivity contribution in [1.29, 1.82) is 0 Å². The van der Waals surface area contributed by atoms with Gasteiger partial charge >= 0.3 is 0 Å². The minimum Gasteiger partial charge on any atom is -0.370 e. The first-order valence-electron chi connectivity index (χ1n) is 8.23. The predicted octanol–water partition coefficient (Wildman–Crippen LogP) is 1.41. The molecule has 2 aliphatic rings. The van der Waals surface area contributed by atoms with Crippen LogP contribution in [0.25, 0.3) is 11.3 Å². The Labute approximate surface area is 135 Å². The average Bonchev–Trinajstić information content (AvgIpc) is 3.06. The lowest BCUT2D eigenvalue weighted by Gasteiger charge is -2.27. The second-order valence-corrected chi connectivity index (χ2v) is 6.04. The minimum absolute atomic E-state index is 0.115. The molecule has 4 rings (SSSR count). The monoisotopic (exact) mass is 311 g/mol. The van der Waals surface area contributed by atoms with E-state index in [9.17, 15) is 4.79 Å². The summed E-state index contributed by atoms with van der Waals surface area (Å²) in [7, 11) is 0. The van der Waals surface area contributed by atoms with E-state index in [2.05, 4.69) is 21.8 Å². The maximum atomic E-state index is 12.5. The number of aryl methyl sites for hydroxylation is 1. The normalized spacial score (nSPS) is 17.5. The van der Waals surface area contributed by atoms with Crippen molar-refractivity contribution in [2.24, 2.45) is 0 Å². The molecule has 2 aliphatic heterocycles. The highest BCUT2D eigenvalue weighted by Crippen LogP contribution is 2.24. The molecule has 1 amide bonds. The number of nitrogens with zero attached hydrogens (tertiary/aromatic N) is 3. The van der Waals surface area contributed by atoms with Crippen LogP contribution in [0.1, 0.15) is 16.8 Å². The molecule has 2 N–H and O–H groups in total. The number of aromatic nitrogens is 2. The molecule has 0 saturated carbocycles. The smallest absolute Gasteiger partial charge is 0.253 e. The van der Waals surface area contributed by atoms with Crippen molar-refractivity contribution in [3.63, 3.8) is 0 Å². The number of carbonyl (C=O) groups is 1. The predicted molar refractivity (Wildman–Crippen MR) is 89.5 cm³/mol. The number of hydrogen-bond acceptors (Lipinski definition) is 4. The van der Waals surface area contributed by atoms with Crippen molar-refractivity contribution in [1.82, 2.24) is 20.0 Å². The van der Waals surface area contributed by atoms with Crippen molar-refractivity contribution >= 4 is 11.7 Å². The van der Waals surface area contributed by atoms with Crippen LogP contribution in [-0.2, 0) is 6.54 Å². The number of rotatable bonds is 2. The van der Waals surface area contributed by atoms with E-state index in [0.29, 0.717) is 0 Å². The summed E-state index contributed by atoms with van der Waals surface area (Å²) in [5, 5.41) is 11.3. The number of anilines is 1. The number of benzene rings is 1. The van der Waals surface area contributed by atoms with E-state index >= 15 is 0 Å². The summed E-state index contributed by atoms with van der Waals surface area (Å²) in [6.45, 7) is 5.26. The van der Waals surface area contributed by atoms with Crippen molar-refractivity contribution in [3.8, 4) is 11.3 Å². The van der Waals surface area contributed by atoms with E-state index in [0.717, 1.165) is 68.3 Å². The van der Waals surface area contributed by atoms with Gasteiger partial charge < -0.3 is 15.5 Å². The number of fused-ring (bicyclic) bond motifs is 1. The molecule has 6 heteroatoms. The number of amides is 1. The fourth-order valence-corrected chi connectivity index (χ4v) is 3.15. The Bertz CT molecular complexity index is 677. The van der Waals surface area contributed by atoms with E-state index in [-0.39, 0.29) is 5.91 Å². The average molecular weight is 311 g/mol. The lowest BCUT2D eigenvalue weighted by atomic mass is 10.1. The highest BCUT2D eigenvalue weighted by molar-refractivity contribution is 5.94. The van der Waals surface area contributed by atoms with Gasteiger partial charge in [0.1, 0.15) is 5.82 Å². The third kappa shape index (κ3) is 2.82. The fraction of sp³-hybridized carbons (Fsp3) is 0.412. The van der Waals surface area contributed by atoms with Crippen molar-refractivity contribution in [2.45, 2.75) is 13.0 Å². The number of hydrogen-bond donors (Lipinski definition) is 2. The zero-order valence-corrected chi connectivity index (χ0v) is 13.1. The van der Waals surface area contributed by atoms with Crippen LogP contribution in [0.4, 0.5) is 5.82 Å². The summed E-state index contributed by atoms with van der Waals surface area (Å²) < 4.78 is 2.01. The number of carbonyl (C=O) groups excluding carboxylic acids is 1. The Balaban J connectivity index is 1.53. The third-order valence-electron chi connectivity index (χ3n) is 4.46. The van der Waals surface area contributed by atoms with Gasteiger partial charge in [0, 0.05) is 56.5 Å². The summed E-state index contributed by atoms with van der Waals surface area (Å²) >= 11 is 0. The summed E-state index contributed by atoms with van der Waals surface area (Å²) in [5.41, 5.74) is 2.75. The molecule has 1 fully saturated rings. The fourth-order valence-electron chi connectivity index (χ4n) is 3.15. The third-order valence-corrected chi connectivity index (χ3v) is 4.46. The van der Waals surface area contributed by atoms with Crippen molar-refractivity contribution < 1.29 is 4.79 Å². The zero-order chi connectivity index (χ0) is 15.6. The minimum atomic E-state index is 0.115. The molecule has 0 aliphatic carbocycles. The molecule has 1 saturated heterocycles. The van der Waals surface area contributed by atoms with Crippen LogP contribution >= 0.6 is 0 Å². The molecule has 120 valence electrons. The molecule has 0 bridgehead atoms. The van der Waals surface area contributed by atoms with Gasteiger partial charge in [0.2, 0.25) is 0 Å². The van der Waals surface area contributed by atoms with E-state index < -0.39 is 0 Å². The number of piperazine rings is 1. The highest BCUT2D eigenvalue weighted by Gasteiger charge is 2.18. The molecule has 0 spiro atoms. The van der Waals surface area contributed by atoms with E-state index in [1.54, 1.807) is 0 Å². The van der Waals surface area contributed by atoms with Gasteiger partial charge in [-0.25, -0.2) is 4.68 Å². The summed E-state index contributed by atoms with van der Waals surface area (Å²) in [4.78, 5) is 14.4. The largest absolute Gasteiger partial charge is 0.370 e. The van der Waals surface area contributed by atoms with Gasteiger partial charge in [0.05, 0.1) is 5.69 Å². The topological polar surface area (TPSA) is 62.2 Å². The van der Waals surface area contributed by atoms with Gasteiger partial charge in [-0.1, -0.05) is 12.1 Å². The summed E-state index contributed by atoms with van der Waals surface area (Å²) in [5.74, 6) is 1.19. The molecule has 2 aromatic rings. The van der Waals surface area contributed by atoms with E-state index in [4.69, 9.17) is 0 Å². The van der Waals surface area contributed by atoms with Crippen LogP contribution in [0.2, 0.25) is 0 Å². The van der Waals surface area contributed by atoms with Crippen molar-refractivity contribution in [3.05, 3.63) is 35.9 Å². The molecule has 1 aromatic carbocycles. The van der Waals surface area contributed by atoms with Gasteiger partial charge in [-0.05, 0) is 18.6 Å². The first-order chi connectivity index (χ1) is 11.3. The summed E-state index contributed by atoms with van der Waals surface area (Å²) in [6.07, 6.45) is 1.10. The quantitative estimate of drug-likeness (QED) is 0.880. The lowest BCUT2D eigenvalue weighted by molar-refractivity contribution is 0.0736. The van der Waals surface area contributed by atoms with Crippen LogP contribution in [0.15, 0.2) is 30.3 Å². The number of nitrogens with one attached hydrogen (secondary N) is 2. The van der Waals surface area contributed by atoms with Gasteiger partial charge in [-0.3, -0.25) is 4.79 Å². The zero-order valence-electron chi connectivity index (χ0n) is 13.1. The maximum Gasteiger partial charge on any atom is 0.253 e. The first kappa shape index (κ1) is 14.3. The van der Waals surface area contributed by atoms with Gasteiger partial charge in [0.15, 0.2) is 0 Å². The SMILES string of the molecule is O=C(c1ccc(-c2cc3n(n2)CCCN3)cc1)N1CCNCC1. The Hall–Kier alpha value is -2.34.